The molecule has 0 radical (unpaired) electrons. The molecule has 5 heteroatoms. The van der Waals surface area contributed by atoms with Gasteiger partial charge in [-0.3, -0.25) is 0 Å². The highest BCUT2D eigenvalue weighted by atomic mass is 35.5. The first kappa shape index (κ1) is 17.9. The van der Waals surface area contributed by atoms with E-state index in [1.807, 2.05) is 19.9 Å². The first-order valence-electron chi connectivity index (χ1n) is 5.07. The van der Waals surface area contributed by atoms with E-state index in [2.05, 4.69) is 19.1 Å². The zero-order chi connectivity index (χ0) is 10.7. The fourth-order valence-electron chi connectivity index (χ4n) is 1.63. The van der Waals surface area contributed by atoms with Gasteiger partial charge in [0.25, 0.3) is 0 Å². The number of nitrogens with one attached hydrogen (secondary N) is 2. The summed E-state index contributed by atoms with van der Waals surface area (Å²) < 4.78 is 0. The quantitative estimate of drug-likeness (QED) is 0.562. The fourth-order valence-corrected chi connectivity index (χ4v) is 1.63. The molecular formula is C11H20Cl2N2O. The molecule has 16 heavy (non-hydrogen) atoms. The lowest BCUT2D eigenvalue weighted by Gasteiger charge is -2.09. The predicted molar refractivity (Wildman–Crippen MR) is 55.3 cm³/mol. The van der Waals surface area contributed by atoms with Crippen LogP contribution in [0.2, 0.25) is 0 Å². The lowest BCUT2D eigenvalue weighted by Crippen LogP contribution is -3.04. The maximum atomic E-state index is 9.92. The van der Waals surface area contributed by atoms with E-state index in [4.69, 9.17) is 0 Å². The Morgan fingerprint density at radius 3 is 2.31 bits per heavy atom. The van der Waals surface area contributed by atoms with Crippen LogP contribution in [0.1, 0.15) is 23.9 Å². The summed E-state index contributed by atoms with van der Waals surface area (Å²) in [4.78, 5) is 4.49. The molecule has 1 rings (SSSR count). The van der Waals surface area contributed by atoms with Crippen LogP contribution in [0.5, 0.6) is 5.75 Å². The first-order valence-corrected chi connectivity index (χ1v) is 5.07. The summed E-state index contributed by atoms with van der Waals surface area (Å²) >= 11 is 0. The van der Waals surface area contributed by atoms with Crippen molar-refractivity contribution in [3.8, 4) is 5.75 Å². The lowest BCUT2D eigenvalue weighted by molar-refractivity contribution is -0.872. The van der Waals surface area contributed by atoms with E-state index >= 15 is 0 Å². The van der Waals surface area contributed by atoms with Crippen molar-refractivity contribution in [3.63, 3.8) is 0 Å². The minimum Gasteiger partial charge on any atom is -1.00 e. The minimum atomic E-state index is 0. The molecule has 3 N–H and O–H groups in total. The monoisotopic (exact) mass is 266 g/mol. The van der Waals surface area contributed by atoms with Crippen molar-refractivity contribution in [2.45, 2.75) is 26.8 Å². The molecule has 1 heterocycles. The zero-order valence-electron chi connectivity index (χ0n) is 10.2. The molecule has 1 aromatic rings. The molecule has 1 aromatic heterocycles. The van der Waals surface area contributed by atoms with Crippen molar-refractivity contribution in [1.82, 2.24) is 0 Å². The van der Waals surface area contributed by atoms with Crippen LogP contribution >= 0.6 is 0 Å². The molecule has 0 aliphatic carbocycles. The molecule has 0 fully saturated rings. The van der Waals surface area contributed by atoms with Gasteiger partial charge in [0.15, 0.2) is 11.4 Å². The summed E-state index contributed by atoms with van der Waals surface area (Å²) in [6.45, 7) is 4.92. The van der Waals surface area contributed by atoms with E-state index in [1.165, 1.54) is 4.90 Å². The van der Waals surface area contributed by atoms with E-state index < -0.39 is 0 Å². The largest absolute Gasteiger partial charge is 1.00 e. The van der Waals surface area contributed by atoms with Crippen LogP contribution < -0.4 is 34.7 Å². The highest BCUT2D eigenvalue weighted by molar-refractivity contribution is 5.33. The minimum absolute atomic E-state index is 0. The van der Waals surface area contributed by atoms with Gasteiger partial charge in [0, 0.05) is 19.4 Å². The van der Waals surface area contributed by atoms with Crippen molar-refractivity contribution in [2.75, 3.05) is 14.1 Å². The Balaban J connectivity index is 0. The molecule has 0 atom stereocenters. The van der Waals surface area contributed by atoms with Crippen LogP contribution in [0.4, 0.5) is 0 Å². The molecule has 0 aliphatic heterocycles. The average Bonchev–Trinajstić information content (AvgIpc) is 2.09. The van der Waals surface area contributed by atoms with Crippen molar-refractivity contribution in [3.05, 3.63) is 23.0 Å². The molecule has 0 unspecified atom stereocenters. The van der Waals surface area contributed by atoms with Crippen molar-refractivity contribution < 1.29 is 39.8 Å². The standard InChI is InChI=1S/C11H18N2O.2ClH/c1-5-10-11(14)9(7-13(3)4)6-8(2)12-10;;/h6,14H,5,7H2,1-4H3;2*1H. The molecule has 0 aliphatic rings. The third-order valence-corrected chi connectivity index (χ3v) is 2.23. The summed E-state index contributed by atoms with van der Waals surface area (Å²) in [6, 6.07) is 2.02. The fraction of sp³-hybridized carbons (Fsp3) is 0.545. The van der Waals surface area contributed by atoms with E-state index in [1.54, 1.807) is 0 Å². The Bertz CT molecular complexity index is 330. The molecular weight excluding hydrogens is 247 g/mol. The van der Waals surface area contributed by atoms with Crippen molar-refractivity contribution in [2.24, 2.45) is 0 Å². The second-order valence-electron chi connectivity index (χ2n) is 4.04. The maximum Gasteiger partial charge on any atom is 0.222 e. The van der Waals surface area contributed by atoms with Gasteiger partial charge in [0.05, 0.1) is 19.7 Å². The van der Waals surface area contributed by atoms with E-state index in [0.29, 0.717) is 5.75 Å². The summed E-state index contributed by atoms with van der Waals surface area (Å²) in [5, 5.41) is 9.92. The maximum absolute atomic E-state index is 9.92. The Morgan fingerprint density at radius 1 is 1.31 bits per heavy atom. The molecule has 0 saturated heterocycles. The number of hydrogen-bond acceptors (Lipinski definition) is 1. The normalized spacial score (nSPS) is 9.56. The van der Waals surface area contributed by atoms with Gasteiger partial charge in [-0.2, -0.15) is 0 Å². The summed E-state index contributed by atoms with van der Waals surface area (Å²) in [6.07, 6.45) is 0.837. The van der Waals surface area contributed by atoms with Crippen molar-refractivity contribution in [1.29, 1.82) is 0 Å². The van der Waals surface area contributed by atoms with E-state index in [-0.39, 0.29) is 24.8 Å². The molecule has 3 nitrogen and oxygen atoms in total. The average molecular weight is 267 g/mol. The Kier molecular flexibility index (Phi) is 8.62. The van der Waals surface area contributed by atoms with Crippen LogP contribution in [0, 0.1) is 6.92 Å². The topological polar surface area (TPSA) is 38.8 Å². The highest BCUT2D eigenvalue weighted by Gasteiger charge is 2.15. The number of aryl methyl sites for hydroxylation is 2. The van der Waals surface area contributed by atoms with Gasteiger partial charge in [-0.1, -0.05) is 6.92 Å². The van der Waals surface area contributed by atoms with Gasteiger partial charge in [-0.15, -0.1) is 0 Å². The third kappa shape index (κ3) is 4.56. The third-order valence-electron chi connectivity index (χ3n) is 2.23. The number of aromatic amines is 1. The number of halogens is 2. The Labute approximate surface area is 110 Å². The second kappa shape index (κ2) is 7.71. The number of H-pyrrole nitrogens is 1. The molecule has 94 valence electrons. The number of aromatic nitrogens is 1. The lowest BCUT2D eigenvalue weighted by atomic mass is 10.1. The Morgan fingerprint density at radius 2 is 1.88 bits per heavy atom. The SMILES string of the molecule is CCc1[nH+]c(C)cc(C[NH+](C)C)c1O.[Cl-].[Cl-]. The Hall–Kier alpha value is -0.510. The molecule has 0 bridgehead atoms. The number of quaternary nitrogens is 1. The number of pyridine rings is 1. The number of aromatic hydroxyl groups is 1. The van der Waals surface area contributed by atoms with Crippen LogP contribution in [0.3, 0.4) is 0 Å². The van der Waals surface area contributed by atoms with Crippen LogP contribution in [0.15, 0.2) is 6.07 Å². The zero-order valence-corrected chi connectivity index (χ0v) is 11.7. The van der Waals surface area contributed by atoms with Gasteiger partial charge < -0.3 is 34.8 Å². The first-order chi connectivity index (χ1) is 6.54. The summed E-state index contributed by atoms with van der Waals surface area (Å²) in [5.74, 6) is 0.430. The molecule has 0 amide bonds. The smallest absolute Gasteiger partial charge is 0.222 e. The second-order valence-corrected chi connectivity index (χ2v) is 4.04. The predicted octanol–water partition coefficient (Wildman–Crippen LogP) is -6.27. The summed E-state index contributed by atoms with van der Waals surface area (Å²) in [7, 11) is 4.16. The van der Waals surface area contributed by atoms with Crippen LogP contribution in [0.25, 0.3) is 0 Å². The van der Waals surface area contributed by atoms with Crippen molar-refractivity contribution >= 4 is 0 Å². The van der Waals surface area contributed by atoms with Gasteiger partial charge in [-0.25, -0.2) is 4.98 Å². The number of rotatable bonds is 3. The van der Waals surface area contributed by atoms with Gasteiger partial charge in [0.2, 0.25) is 5.69 Å². The highest BCUT2D eigenvalue weighted by Crippen LogP contribution is 2.18. The van der Waals surface area contributed by atoms with E-state index in [0.717, 1.165) is 29.9 Å². The van der Waals surface area contributed by atoms with E-state index in [9.17, 15) is 5.11 Å². The van der Waals surface area contributed by atoms with Gasteiger partial charge in [0.1, 0.15) is 6.54 Å². The van der Waals surface area contributed by atoms with Crippen LogP contribution in [-0.2, 0) is 13.0 Å². The van der Waals surface area contributed by atoms with Gasteiger partial charge >= 0.3 is 0 Å². The molecule has 0 spiro atoms. The number of hydrogen-bond donors (Lipinski definition) is 2. The molecule has 0 saturated carbocycles. The molecule has 0 aromatic carbocycles. The summed E-state index contributed by atoms with van der Waals surface area (Å²) in [5.41, 5.74) is 3.07. The van der Waals surface area contributed by atoms with Gasteiger partial charge in [-0.05, 0) is 0 Å². The van der Waals surface area contributed by atoms with Crippen LogP contribution in [-0.4, -0.2) is 19.2 Å².